The summed E-state index contributed by atoms with van der Waals surface area (Å²) in [6.45, 7) is 2.00. The van der Waals surface area contributed by atoms with Gasteiger partial charge in [-0.05, 0) is 23.3 Å². The minimum atomic E-state index is -0.941. The Hall–Kier alpha value is -2.08. The van der Waals surface area contributed by atoms with E-state index in [0.29, 0.717) is 0 Å². The van der Waals surface area contributed by atoms with E-state index in [1.165, 1.54) is 7.11 Å². The molecule has 132 valence electrons. The number of rotatable bonds is 3. The van der Waals surface area contributed by atoms with E-state index in [2.05, 4.69) is 0 Å². The van der Waals surface area contributed by atoms with E-state index in [1.54, 1.807) is 7.11 Å². The normalized spacial score (nSPS) is 42.1. The van der Waals surface area contributed by atoms with Crippen molar-refractivity contribution in [3.05, 3.63) is 29.3 Å². The van der Waals surface area contributed by atoms with Gasteiger partial charge in [-0.1, -0.05) is 13.0 Å². The third-order valence-electron chi connectivity index (χ3n) is 6.82. The van der Waals surface area contributed by atoms with E-state index in [4.69, 9.17) is 18.9 Å². The molecule has 3 aliphatic heterocycles. The number of carbonyl (C=O) groups excluding carboxylic acids is 2. The first-order chi connectivity index (χ1) is 12.0. The quantitative estimate of drug-likeness (QED) is 0.781. The first kappa shape index (κ1) is 15.2. The van der Waals surface area contributed by atoms with Gasteiger partial charge >= 0.3 is 11.9 Å². The van der Waals surface area contributed by atoms with Crippen LogP contribution in [0.15, 0.2) is 18.2 Å². The summed E-state index contributed by atoms with van der Waals surface area (Å²) in [6, 6.07) is 5.91. The zero-order valence-electron chi connectivity index (χ0n) is 14.4. The van der Waals surface area contributed by atoms with Crippen molar-refractivity contribution in [1.82, 2.24) is 0 Å². The lowest BCUT2D eigenvalue weighted by Crippen LogP contribution is -2.64. The van der Waals surface area contributed by atoms with Gasteiger partial charge in [-0.2, -0.15) is 0 Å². The molecular weight excluding hydrogens is 324 g/mol. The highest BCUT2D eigenvalue weighted by Crippen LogP contribution is 2.72. The molecule has 2 aliphatic carbocycles. The van der Waals surface area contributed by atoms with Gasteiger partial charge in [0.05, 0.1) is 38.3 Å². The lowest BCUT2D eigenvalue weighted by Gasteiger charge is -2.55. The van der Waals surface area contributed by atoms with Crippen molar-refractivity contribution < 1.29 is 28.5 Å². The van der Waals surface area contributed by atoms with Crippen LogP contribution in [0, 0.1) is 17.3 Å². The first-order valence-electron chi connectivity index (χ1n) is 8.64. The molecule has 3 heterocycles. The van der Waals surface area contributed by atoms with Crippen molar-refractivity contribution in [3.63, 3.8) is 0 Å². The number of hydrogen-bond donors (Lipinski definition) is 0. The number of ether oxygens (including phenoxy) is 4. The van der Waals surface area contributed by atoms with Gasteiger partial charge in [0.1, 0.15) is 11.9 Å². The van der Waals surface area contributed by atoms with Crippen molar-refractivity contribution in [2.24, 2.45) is 17.3 Å². The molecule has 4 unspecified atom stereocenters. The molecule has 1 aromatic rings. The average molecular weight is 344 g/mol. The number of benzene rings is 1. The third-order valence-corrected chi connectivity index (χ3v) is 6.82. The van der Waals surface area contributed by atoms with Gasteiger partial charge < -0.3 is 18.9 Å². The molecule has 5 aliphatic rings. The highest BCUT2D eigenvalue weighted by atomic mass is 16.6. The summed E-state index contributed by atoms with van der Waals surface area (Å²) in [6.07, 6.45) is -0.476. The fourth-order valence-electron chi connectivity index (χ4n) is 5.73. The van der Waals surface area contributed by atoms with Gasteiger partial charge in [0, 0.05) is 17.8 Å². The van der Waals surface area contributed by atoms with Gasteiger partial charge in [0.25, 0.3) is 0 Å². The van der Waals surface area contributed by atoms with Gasteiger partial charge in [-0.25, -0.2) is 0 Å². The summed E-state index contributed by atoms with van der Waals surface area (Å²) in [5.74, 6) is -0.106. The van der Waals surface area contributed by atoms with E-state index in [9.17, 15) is 9.59 Å². The molecule has 1 aromatic carbocycles. The maximum atomic E-state index is 13.0. The summed E-state index contributed by atoms with van der Waals surface area (Å²) in [5.41, 5.74) is 1.19. The van der Waals surface area contributed by atoms with Crippen LogP contribution in [-0.4, -0.2) is 38.4 Å². The van der Waals surface area contributed by atoms with Crippen molar-refractivity contribution >= 4 is 11.9 Å². The van der Waals surface area contributed by atoms with Gasteiger partial charge in [-0.3, -0.25) is 9.59 Å². The largest absolute Gasteiger partial charge is 0.497 e. The topological polar surface area (TPSA) is 71.1 Å². The molecule has 7 atom stereocenters. The van der Waals surface area contributed by atoms with Gasteiger partial charge in [0.2, 0.25) is 0 Å². The van der Waals surface area contributed by atoms with Crippen LogP contribution < -0.4 is 4.74 Å². The molecule has 6 rings (SSSR count). The second-order valence-electron chi connectivity index (χ2n) is 7.52. The standard InChI is InChI=1S/C19H20O6/c1-8-15-17-13-14(19(8,18(21)25-17)7-12(20)23-3)11-6-9(22-2)4-5-10(11)16(13)24-15/h4-6,8,13-17H,7H2,1-3H3/t8?,13?,14?,15?,16-,17+,19+/m0/s1. The fourth-order valence-corrected chi connectivity index (χ4v) is 5.73. The first-order valence-corrected chi connectivity index (χ1v) is 8.64. The molecule has 6 heteroatoms. The lowest BCUT2D eigenvalue weighted by atomic mass is 9.52. The number of carbonyl (C=O) groups is 2. The minimum Gasteiger partial charge on any atom is -0.497 e. The summed E-state index contributed by atoms with van der Waals surface area (Å²) in [4.78, 5) is 25.2. The summed E-state index contributed by atoms with van der Waals surface area (Å²) in [5, 5.41) is 0. The second kappa shape index (κ2) is 4.75. The molecule has 0 spiro atoms. The van der Waals surface area contributed by atoms with Crippen LogP contribution >= 0.6 is 0 Å². The van der Waals surface area contributed by atoms with Crippen LogP contribution in [0.2, 0.25) is 0 Å². The van der Waals surface area contributed by atoms with E-state index < -0.39 is 11.4 Å². The molecule has 0 N–H and O–H groups in total. The minimum absolute atomic E-state index is 0.0145. The Balaban J connectivity index is 1.73. The van der Waals surface area contributed by atoms with E-state index in [0.717, 1.165) is 16.9 Å². The Kier molecular flexibility index (Phi) is 2.89. The summed E-state index contributed by atoms with van der Waals surface area (Å²) in [7, 11) is 2.97. The van der Waals surface area contributed by atoms with Crippen LogP contribution in [0.25, 0.3) is 0 Å². The maximum absolute atomic E-state index is 13.0. The van der Waals surface area contributed by atoms with Crippen LogP contribution in [0.5, 0.6) is 5.75 Å². The Morgan fingerprint density at radius 3 is 2.76 bits per heavy atom. The molecule has 6 nitrogen and oxygen atoms in total. The number of methoxy groups -OCH3 is 2. The van der Waals surface area contributed by atoms with E-state index in [1.807, 2.05) is 25.1 Å². The SMILES string of the molecule is COC(=O)C[C@]12C(=O)O[C@H]3C(O[C@H]4c5ccc(OC)cc5C1C34)C2C. The van der Waals surface area contributed by atoms with E-state index in [-0.39, 0.29) is 48.5 Å². The molecule has 4 bridgehead atoms. The number of esters is 2. The van der Waals surface area contributed by atoms with Crippen molar-refractivity contribution in [2.45, 2.75) is 37.6 Å². The van der Waals surface area contributed by atoms with Gasteiger partial charge in [-0.15, -0.1) is 0 Å². The monoisotopic (exact) mass is 344 g/mol. The predicted molar refractivity (Wildman–Crippen MR) is 84.9 cm³/mol. The Labute approximate surface area is 145 Å². The zero-order valence-corrected chi connectivity index (χ0v) is 14.4. The summed E-state index contributed by atoms with van der Waals surface area (Å²) < 4.78 is 22.4. The smallest absolute Gasteiger partial charge is 0.314 e. The Bertz CT molecular complexity index is 788. The molecule has 1 saturated carbocycles. The molecular formula is C19H20O6. The van der Waals surface area contributed by atoms with E-state index >= 15 is 0 Å². The highest BCUT2D eigenvalue weighted by Gasteiger charge is 2.76. The number of hydrogen-bond acceptors (Lipinski definition) is 6. The molecule has 0 radical (unpaired) electrons. The third kappa shape index (κ3) is 1.59. The number of fused-ring (bicyclic) bond motifs is 3. The molecule has 3 saturated heterocycles. The highest BCUT2D eigenvalue weighted by molar-refractivity contribution is 5.87. The van der Waals surface area contributed by atoms with Crippen molar-refractivity contribution in [2.75, 3.05) is 14.2 Å². The summed E-state index contributed by atoms with van der Waals surface area (Å²) >= 11 is 0. The van der Waals surface area contributed by atoms with Crippen LogP contribution in [-0.2, 0) is 23.8 Å². The molecule has 25 heavy (non-hydrogen) atoms. The molecule has 0 aromatic heterocycles. The Morgan fingerprint density at radius 2 is 2.04 bits per heavy atom. The van der Waals surface area contributed by atoms with Crippen molar-refractivity contribution in [3.8, 4) is 5.75 Å². The molecule has 0 amide bonds. The lowest BCUT2D eigenvalue weighted by molar-refractivity contribution is -0.216. The van der Waals surface area contributed by atoms with Gasteiger partial charge in [0.15, 0.2) is 0 Å². The second-order valence-corrected chi connectivity index (χ2v) is 7.52. The van der Waals surface area contributed by atoms with Crippen LogP contribution in [0.3, 0.4) is 0 Å². The fraction of sp³-hybridized carbons (Fsp3) is 0.579. The van der Waals surface area contributed by atoms with Crippen LogP contribution in [0.4, 0.5) is 0 Å². The Morgan fingerprint density at radius 1 is 1.24 bits per heavy atom. The predicted octanol–water partition coefficient (Wildman–Crippen LogP) is 1.97. The zero-order chi connectivity index (χ0) is 17.5. The molecule has 4 fully saturated rings. The average Bonchev–Trinajstić information content (AvgIpc) is 3.11. The van der Waals surface area contributed by atoms with Crippen molar-refractivity contribution in [1.29, 1.82) is 0 Å². The van der Waals surface area contributed by atoms with Crippen LogP contribution in [0.1, 0.15) is 36.5 Å². The maximum Gasteiger partial charge on any atom is 0.314 e.